The highest BCUT2D eigenvalue weighted by molar-refractivity contribution is 7.92. The first-order valence-corrected chi connectivity index (χ1v) is 13.8. The molecule has 0 spiro atoms. The molecule has 0 saturated carbocycles. The first kappa shape index (κ1) is 25.6. The summed E-state index contributed by atoms with van der Waals surface area (Å²) in [5.41, 5.74) is 3.40. The number of pyridine rings is 1. The highest BCUT2D eigenvalue weighted by atomic mass is 35.5. The van der Waals surface area contributed by atoms with Gasteiger partial charge in [-0.15, -0.1) is 0 Å². The van der Waals surface area contributed by atoms with Gasteiger partial charge in [0, 0.05) is 29.1 Å². The SMILES string of the molecule is O=C(CCCS(=O)(=O)Nc1cccnc1)c1ccc2c(-c3ccccc3Cl)nn(-c3ccc(F)cc3)c2c1. The zero-order valence-corrected chi connectivity index (χ0v) is 21.6. The lowest BCUT2D eigenvalue weighted by Crippen LogP contribution is -2.17. The van der Waals surface area contributed by atoms with Crippen LogP contribution in [0.15, 0.2) is 91.3 Å². The van der Waals surface area contributed by atoms with Crippen molar-refractivity contribution in [2.45, 2.75) is 12.8 Å². The van der Waals surface area contributed by atoms with E-state index in [1.807, 2.05) is 18.2 Å². The monoisotopic (exact) mass is 548 g/mol. The molecule has 192 valence electrons. The standard InChI is InChI=1S/C28H22ClFN4O3S/c29-25-7-2-1-6-23(25)28-24-14-9-19(17-26(24)34(32-28)22-12-10-20(30)11-13-22)27(35)8-4-16-38(36,37)33-21-5-3-15-31-18-21/h1-3,5-7,9-15,17-18,33H,4,8,16H2. The van der Waals surface area contributed by atoms with E-state index >= 15 is 0 Å². The van der Waals surface area contributed by atoms with Crippen LogP contribution >= 0.6 is 11.6 Å². The lowest BCUT2D eigenvalue weighted by molar-refractivity contribution is 0.0982. The van der Waals surface area contributed by atoms with Crippen molar-refractivity contribution in [3.05, 3.63) is 108 Å². The third kappa shape index (κ3) is 5.58. The van der Waals surface area contributed by atoms with Crippen LogP contribution < -0.4 is 4.72 Å². The van der Waals surface area contributed by atoms with E-state index in [1.165, 1.54) is 18.3 Å². The van der Waals surface area contributed by atoms with Crippen molar-refractivity contribution in [2.75, 3.05) is 10.5 Å². The number of sulfonamides is 1. The summed E-state index contributed by atoms with van der Waals surface area (Å²) in [5, 5.41) is 6.05. The van der Waals surface area contributed by atoms with E-state index in [0.29, 0.717) is 33.2 Å². The molecule has 0 unspecified atom stereocenters. The molecule has 0 fully saturated rings. The van der Waals surface area contributed by atoms with Crippen LogP contribution in [0.5, 0.6) is 0 Å². The maximum Gasteiger partial charge on any atom is 0.232 e. The van der Waals surface area contributed by atoms with Gasteiger partial charge in [0.1, 0.15) is 11.5 Å². The minimum atomic E-state index is -3.62. The summed E-state index contributed by atoms with van der Waals surface area (Å²) >= 11 is 6.45. The number of fused-ring (bicyclic) bond motifs is 1. The second kappa shape index (κ2) is 10.7. The quantitative estimate of drug-likeness (QED) is 0.219. The van der Waals surface area contributed by atoms with Gasteiger partial charge >= 0.3 is 0 Å². The Morgan fingerprint density at radius 2 is 1.79 bits per heavy atom. The van der Waals surface area contributed by atoms with E-state index in [2.05, 4.69) is 9.71 Å². The molecule has 5 rings (SSSR count). The summed E-state index contributed by atoms with van der Waals surface area (Å²) in [4.78, 5) is 16.9. The summed E-state index contributed by atoms with van der Waals surface area (Å²) in [6.07, 6.45) is 3.15. The van der Waals surface area contributed by atoms with Crippen molar-refractivity contribution >= 4 is 44.0 Å². The van der Waals surface area contributed by atoms with E-state index in [1.54, 1.807) is 59.4 Å². The van der Waals surface area contributed by atoms with E-state index < -0.39 is 10.0 Å². The number of aromatic nitrogens is 3. The molecule has 0 aliphatic heterocycles. The molecule has 10 heteroatoms. The van der Waals surface area contributed by atoms with Crippen molar-refractivity contribution < 1.29 is 17.6 Å². The van der Waals surface area contributed by atoms with Crippen LogP contribution in [0.1, 0.15) is 23.2 Å². The minimum Gasteiger partial charge on any atom is -0.294 e. The smallest absolute Gasteiger partial charge is 0.232 e. The molecule has 1 N–H and O–H groups in total. The zero-order valence-electron chi connectivity index (χ0n) is 20.0. The Bertz CT molecular complexity index is 1720. The summed E-state index contributed by atoms with van der Waals surface area (Å²) in [7, 11) is -3.62. The number of halogens is 2. The van der Waals surface area contributed by atoms with Crippen molar-refractivity contribution in [3.8, 4) is 16.9 Å². The fourth-order valence-electron chi connectivity index (χ4n) is 4.14. The Hall–Kier alpha value is -4.08. The molecule has 0 amide bonds. The van der Waals surface area contributed by atoms with Gasteiger partial charge in [0.25, 0.3) is 0 Å². The predicted octanol–water partition coefficient (Wildman–Crippen LogP) is 6.28. The van der Waals surface area contributed by atoms with E-state index in [9.17, 15) is 17.6 Å². The number of nitrogens with one attached hydrogen (secondary N) is 1. The number of nitrogens with zero attached hydrogens (tertiary/aromatic N) is 3. The Morgan fingerprint density at radius 1 is 1.00 bits per heavy atom. The molecule has 2 aromatic heterocycles. The number of hydrogen-bond acceptors (Lipinski definition) is 5. The molecule has 2 heterocycles. The van der Waals surface area contributed by atoms with Gasteiger partial charge in [0.05, 0.1) is 33.9 Å². The Balaban J connectivity index is 1.42. The van der Waals surface area contributed by atoms with E-state index in [4.69, 9.17) is 16.7 Å². The first-order chi connectivity index (χ1) is 18.3. The van der Waals surface area contributed by atoms with Crippen molar-refractivity contribution in [2.24, 2.45) is 0 Å². The lowest BCUT2D eigenvalue weighted by atomic mass is 10.0. The van der Waals surface area contributed by atoms with E-state index in [-0.39, 0.29) is 30.2 Å². The lowest BCUT2D eigenvalue weighted by Gasteiger charge is -2.08. The van der Waals surface area contributed by atoms with Crippen molar-refractivity contribution in [1.29, 1.82) is 0 Å². The third-order valence-electron chi connectivity index (χ3n) is 5.95. The van der Waals surface area contributed by atoms with Crippen LogP contribution in [0.25, 0.3) is 27.8 Å². The molecule has 7 nitrogen and oxygen atoms in total. The second-order valence-corrected chi connectivity index (χ2v) is 10.9. The number of ketones is 1. The van der Waals surface area contributed by atoms with Crippen molar-refractivity contribution in [3.63, 3.8) is 0 Å². The maximum absolute atomic E-state index is 13.6. The molecular formula is C28H22ClFN4O3S. The molecule has 3 aromatic carbocycles. The average molecular weight is 549 g/mol. The highest BCUT2D eigenvalue weighted by Crippen LogP contribution is 2.34. The largest absolute Gasteiger partial charge is 0.294 e. The Labute approximate surface area is 224 Å². The second-order valence-electron chi connectivity index (χ2n) is 8.64. The van der Waals surface area contributed by atoms with Crippen molar-refractivity contribution in [1.82, 2.24) is 14.8 Å². The van der Waals surface area contributed by atoms with Gasteiger partial charge in [-0.1, -0.05) is 35.9 Å². The summed E-state index contributed by atoms with van der Waals surface area (Å²) in [5.74, 6) is -0.782. The molecule has 38 heavy (non-hydrogen) atoms. The Kier molecular flexibility index (Phi) is 7.22. The van der Waals surface area contributed by atoms with Gasteiger partial charge in [0.15, 0.2) is 5.78 Å². The highest BCUT2D eigenvalue weighted by Gasteiger charge is 2.19. The van der Waals surface area contributed by atoms with Gasteiger partial charge in [-0.25, -0.2) is 17.5 Å². The molecular weight excluding hydrogens is 527 g/mol. The average Bonchev–Trinajstić information content (AvgIpc) is 3.28. The third-order valence-corrected chi connectivity index (χ3v) is 7.66. The maximum atomic E-state index is 13.6. The molecule has 0 saturated heterocycles. The van der Waals surface area contributed by atoms with Gasteiger partial charge < -0.3 is 0 Å². The topological polar surface area (TPSA) is 93.9 Å². The fourth-order valence-corrected chi connectivity index (χ4v) is 5.47. The first-order valence-electron chi connectivity index (χ1n) is 11.8. The summed E-state index contributed by atoms with van der Waals surface area (Å²) in [6, 6.07) is 21.7. The van der Waals surface area contributed by atoms with Gasteiger partial charge in [-0.2, -0.15) is 5.10 Å². The number of hydrogen-bond donors (Lipinski definition) is 1. The molecule has 5 aromatic rings. The fraction of sp³-hybridized carbons (Fsp3) is 0.107. The van der Waals surface area contributed by atoms with E-state index in [0.717, 1.165) is 10.9 Å². The van der Waals surface area contributed by atoms with Crippen LogP contribution in [0, 0.1) is 5.82 Å². The molecule has 0 radical (unpaired) electrons. The number of carbonyl (C=O) groups is 1. The molecule has 0 atom stereocenters. The number of Topliss-reactive ketones (excluding diaryl/α,β-unsaturated/α-hetero) is 1. The molecule has 0 bridgehead atoms. The molecule has 0 aliphatic rings. The number of carbonyl (C=O) groups excluding carboxylic acids is 1. The summed E-state index contributed by atoms with van der Waals surface area (Å²) in [6.45, 7) is 0. The minimum absolute atomic E-state index is 0.0432. The van der Waals surface area contributed by atoms with Crippen LogP contribution in [0.2, 0.25) is 5.02 Å². The molecule has 0 aliphatic carbocycles. The number of anilines is 1. The number of benzene rings is 3. The van der Waals surface area contributed by atoms with Crippen LogP contribution in [0.3, 0.4) is 0 Å². The van der Waals surface area contributed by atoms with Crippen LogP contribution in [-0.2, 0) is 10.0 Å². The predicted molar refractivity (Wildman–Crippen MR) is 147 cm³/mol. The zero-order chi connectivity index (χ0) is 26.7. The normalized spacial score (nSPS) is 11.5. The van der Waals surface area contributed by atoms with Gasteiger partial charge in [0.2, 0.25) is 10.0 Å². The van der Waals surface area contributed by atoms with Crippen LogP contribution in [0.4, 0.5) is 10.1 Å². The van der Waals surface area contributed by atoms with Gasteiger partial charge in [-0.05, 0) is 61.0 Å². The van der Waals surface area contributed by atoms with Crippen LogP contribution in [-0.4, -0.2) is 34.7 Å². The summed E-state index contributed by atoms with van der Waals surface area (Å²) < 4.78 is 42.5. The van der Waals surface area contributed by atoms with Gasteiger partial charge in [-0.3, -0.25) is 14.5 Å². The Morgan fingerprint density at radius 3 is 2.53 bits per heavy atom. The number of rotatable bonds is 9.